The first-order chi connectivity index (χ1) is 14.0. The molecule has 0 saturated heterocycles. The summed E-state index contributed by atoms with van der Waals surface area (Å²) < 4.78 is 5.48. The molecule has 1 saturated carbocycles. The number of benzene rings is 3. The van der Waals surface area contributed by atoms with E-state index in [2.05, 4.69) is 5.32 Å². The van der Waals surface area contributed by atoms with Crippen LogP contribution in [-0.4, -0.2) is 11.9 Å². The fourth-order valence-corrected chi connectivity index (χ4v) is 3.71. The Morgan fingerprint density at radius 2 is 1.52 bits per heavy atom. The molecule has 3 aromatic carbocycles. The van der Waals surface area contributed by atoms with Crippen LogP contribution < -0.4 is 10.1 Å². The van der Waals surface area contributed by atoms with Crippen LogP contribution in [0.15, 0.2) is 72.8 Å². The maximum atomic E-state index is 12.4. The van der Waals surface area contributed by atoms with Gasteiger partial charge in [-0.3, -0.25) is 9.59 Å². The number of carbonyl (C=O) groups excluding carboxylic acids is 2. The molecule has 1 fully saturated rings. The average molecular weight is 426 g/mol. The van der Waals surface area contributed by atoms with E-state index in [-0.39, 0.29) is 23.7 Å². The van der Waals surface area contributed by atoms with Crippen LogP contribution in [-0.2, 0) is 4.79 Å². The highest BCUT2D eigenvalue weighted by Gasteiger charge is 2.46. The fraction of sp³-hybridized carbons (Fsp3) is 0.130. The molecule has 2 atom stereocenters. The van der Waals surface area contributed by atoms with Gasteiger partial charge in [0.25, 0.3) is 5.91 Å². The number of ether oxygens (including phenoxy) is 1. The molecule has 0 spiro atoms. The smallest absolute Gasteiger partial charge is 0.314 e. The van der Waals surface area contributed by atoms with E-state index in [0.717, 1.165) is 12.0 Å². The van der Waals surface area contributed by atoms with Gasteiger partial charge in [-0.1, -0.05) is 53.5 Å². The number of carbonyl (C=O) groups is 2. The third-order valence-corrected chi connectivity index (χ3v) is 5.52. The maximum Gasteiger partial charge on any atom is 0.314 e. The van der Waals surface area contributed by atoms with Gasteiger partial charge in [0.05, 0.1) is 16.5 Å². The van der Waals surface area contributed by atoms with Crippen LogP contribution >= 0.6 is 23.2 Å². The van der Waals surface area contributed by atoms with Crippen LogP contribution in [0.2, 0.25) is 10.0 Å². The minimum atomic E-state index is -0.305. The summed E-state index contributed by atoms with van der Waals surface area (Å²) >= 11 is 12.3. The molecule has 0 bridgehead atoms. The largest absolute Gasteiger partial charge is 0.426 e. The van der Waals surface area contributed by atoms with Crippen molar-refractivity contribution in [3.8, 4) is 5.75 Å². The Hall–Kier alpha value is -2.82. The first-order valence-corrected chi connectivity index (χ1v) is 9.90. The Bertz CT molecular complexity index is 1070. The normalized spacial score (nSPS) is 17.4. The molecular formula is C23H17Cl2NO3. The number of nitrogens with one attached hydrogen (secondary N) is 1. The van der Waals surface area contributed by atoms with E-state index in [1.807, 2.05) is 24.3 Å². The summed E-state index contributed by atoms with van der Waals surface area (Å²) in [5.74, 6) is -0.237. The second kappa shape index (κ2) is 8.27. The van der Waals surface area contributed by atoms with E-state index in [1.165, 1.54) is 0 Å². The standard InChI is InChI=1S/C23H17Cl2NO3/c24-20-7-3-1-5-16(20)18-13-19(18)23(28)29-15-11-9-14(10-12-15)26-22(27)17-6-2-4-8-21(17)25/h1-12,18-19H,13H2,(H,26,27). The van der Waals surface area contributed by atoms with Crippen LogP contribution in [0, 0.1) is 5.92 Å². The van der Waals surface area contributed by atoms with Gasteiger partial charge in [-0.05, 0) is 60.4 Å². The minimum Gasteiger partial charge on any atom is -0.426 e. The van der Waals surface area contributed by atoms with E-state index in [1.54, 1.807) is 48.5 Å². The van der Waals surface area contributed by atoms with Gasteiger partial charge in [0.1, 0.15) is 5.75 Å². The summed E-state index contributed by atoms with van der Waals surface area (Å²) in [6.07, 6.45) is 0.731. The lowest BCUT2D eigenvalue weighted by atomic mass is 10.1. The number of anilines is 1. The third kappa shape index (κ3) is 4.44. The van der Waals surface area contributed by atoms with E-state index in [9.17, 15) is 9.59 Å². The van der Waals surface area contributed by atoms with Crippen LogP contribution in [0.5, 0.6) is 5.75 Å². The Balaban J connectivity index is 1.35. The predicted molar refractivity (Wildman–Crippen MR) is 114 cm³/mol. The number of hydrogen-bond donors (Lipinski definition) is 1. The number of rotatable bonds is 5. The Kier molecular flexibility index (Phi) is 5.56. The van der Waals surface area contributed by atoms with E-state index in [0.29, 0.717) is 27.0 Å². The molecule has 2 unspecified atom stereocenters. The van der Waals surface area contributed by atoms with Gasteiger partial charge in [0, 0.05) is 10.7 Å². The van der Waals surface area contributed by atoms with Gasteiger partial charge in [0.2, 0.25) is 0 Å². The van der Waals surface area contributed by atoms with Gasteiger partial charge in [-0.15, -0.1) is 0 Å². The van der Waals surface area contributed by atoms with Crippen molar-refractivity contribution < 1.29 is 14.3 Å². The van der Waals surface area contributed by atoms with Crippen molar-refractivity contribution in [1.82, 2.24) is 0 Å². The second-order valence-electron chi connectivity index (χ2n) is 6.85. The van der Waals surface area contributed by atoms with Crippen molar-refractivity contribution in [2.45, 2.75) is 12.3 Å². The van der Waals surface area contributed by atoms with Gasteiger partial charge in [-0.2, -0.15) is 0 Å². The van der Waals surface area contributed by atoms with Gasteiger partial charge in [-0.25, -0.2) is 0 Å². The molecule has 6 heteroatoms. The van der Waals surface area contributed by atoms with Gasteiger partial charge >= 0.3 is 5.97 Å². The molecule has 1 amide bonds. The van der Waals surface area contributed by atoms with Crippen molar-refractivity contribution in [2.24, 2.45) is 5.92 Å². The molecule has 29 heavy (non-hydrogen) atoms. The van der Waals surface area contributed by atoms with Gasteiger partial charge < -0.3 is 10.1 Å². The zero-order valence-corrected chi connectivity index (χ0v) is 16.8. The van der Waals surface area contributed by atoms with Crippen LogP contribution in [0.4, 0.5) is 5.69 Å². The maximum absolute atomic E-state index is 12.4. The highest BCUT2D eigenvalue weighted by atomic mass is 35.5. The summed E-state index contributed by atoms with van der Waals surface area (Å²) in [6.45, 7) is 0. The van der Waals surface area contributed by atoms with Crippen molar-refractivity contribution >= 4 is 40.8 Å². The summed E-state index contributed by atoms with van der Waals surface area (Å²) in [5.41, 5.74) is 1.95. The quantitative estimate of drug-likeness (QED) is 0.405. The molecule has 1 aliphatic rings. The lowest BCUT2D eigenvalue weighted by Crippen LogP contribution is -2.13. The van der Waals surface area contributed by atoms with Crippen molar-refractivity contribution in [1.29, 1.82) is 0 Å². The lowest BCUT2D eigenvalue weighted by Gasteiger charge is -2.08. The highest BCUT2D eigenvalue weighted by Crippen LogP contribution is 2.50. The summed E-state index contributed by atoms with van der Waals surface area (Å²) in [5, 5.41) is 3.83. The summed E-state index contributed by atoms with van der Waals surface area (Å²) in [4.78, 5) is 24.7. The van der Waals surface area contributed by atoms with E-state index < -0.39 is 0 Å². The molecule has 1 aliphatic carbocycles. The zero-order chi connectivity index (χ0) is 20.4. The van der Waals surface area contributed by atoms with Gasteiger partial charge in [0.15, 0.2) is 0 Å². The van der Waals surface area contributed by atoms with E-state index >= 15 is 0 Å². The molecule has 0 aliphatic heterocycles. The minimum absolute atomic E-state index is 0.102. The molecular weight excluding hydrogens is 409 g/mol. The summed E-state index contributed by atoms with van der Waals surface area (Å²) in [6, 6.07) is 21.0. The number of hydrogen-bond acceptors (Lipinski definition) is 3. The van der Waals surface area contributed by atoms with Crippen molar-refractivity contribution in [3.05, 3.63) is 94.0 Å². The highest BCUT2D eigenvalue weighted by molar-refractivity contribution is 6.34. The first kappa shape index (κ1) is 19.5. The molecule has 0 aromatic heterocycles. The van der Waals surface area contributed by atoms with Crippen LogP contribution in [0.1, 0.15) is 28.3 Å². The third-order valence-electron chi connectivity index (χ3n) is 4.85. The molecule has 0 radical (unpaired) electrons. The number of halogens is 2. The first-order valence-electron chi connectivity index (χ1n) is 9.15. The van der Waals surface area contributed by atoms with Crippen molar-refractivity contribution in [2.75, 3.05) is 5.32 Å². The topological polar surface area (TPSA) is 55.4 Å². The Morgan fingerprint density at radius 1 is 0.862 bits per heavy atom. The van der Waals surface area contributed by atoms with Crippen molar-refractivity contribution in [3.63, 3.8) is 0 Å². The fourth-order valence-electron chi connectivity index (χ4n) is 3.22. The molecule has 146 valence electrons. The number of esters is 1. The Morgan fingerprint density at radius 3 is 2.21 bits per heavy atom. The number of amides is 1. The van der Waals surface area contributed by atoms with Crippen LogP contribution in [0.3, 0.4) is 0 Å². The SMILES string of the molecule is O=C(Nc1ccc(OC(=O)C2CC2c2ccccc2Cl)cc1)c1ccccc1Cl. The molecule has 4 nitrogen and oxygen atoms in total. The zero-order valence-electron chi connectivity index (χ0n) is 15.3. The second-order valence-corrected chi connectivity index (χ2v) is 7.66. The molecule has 3 aromatic rings. The lowest BCUT2D eigenvalue weighted by molar-refractivity contribution is -0.135. The molecule has 0 heterocycles. The van der Waals surface area contributed by atoms with E-state index in [4.69, 9.17) is 27.9 Å². The predicted octanol–water partition coefficient (Wildman–Crippen LogP) is 5.95. The summed E-state index contributed by atoms with van der Waals surface area (Å²) in [7, 11) is 0. The average Bonchev–Trinajstić information content (AvgIpc) is 3.51. The molecule has 1 N–H and O–H groups in total. The monoisotopic (exact) mass is 425 g/mol. The van der Waals surface area contributed by atoms with Crippen LogP contribution in [0.25, 0.3) is 0 Å². The Labute approximate surface area is 178 Å². The molecule has 4 rings (SSSR count).